The van der Waals surface area contributed by atoms with E-state index in [-0.39, 0.29) is 5.91 Å². The molecule has 17 heavy (non-hydrogen) atoms. The minimum atomic E-state index is -0.0240. The largest absolute Gasteiger partial charge is 0.369 e. The summed E-state index contributed by atoms with van der Waals surface area (Å²) in [5.41, 5.74) is 2.12. The lowest BCUT2D eigenvalue weighted by Crippen LogP contribution is -2.37. The third kappa shape index (κ3) is 2.99. The number of nitrogens with zero attached hydrogens (tertiary/aromatic N) is 1. The summed E-state index contributed by atoms with van der Waals surface area (Å²) in [6.07, 6.45) is 3.88. The summed E-state index contributed by atoms with van der Waals surface area (Å²) in [5.74, 6) is -0.0240. The third-order valence-corrected chi connectivity index (χ3v) is 3.32. The molecule has 1 atom stereocenters. The molecule has 1 aliphatic heterocycles. The van der Waals surface area contributed by atoms with Crippen LogP contribution in [0.4, 0.5) is 11.4 Å². The van der Waals surface area contributed by atoms with E-state index in [2.05, 4.69) is 29.3 Å². The highest BCUT2D eigenvalue weighted by molar-refractivity contribution is 5.88. The molecule has 0 spiro atoms. The first-order chi connectivity index (χ1) is 8.16. The topological polar surface area (TPSA) is 32.3 Å². The monoisotopic (exact) mass is 232 g/mol. The molecule has 0 bridgehead atoms. The van der Waals surface area contributed by atoms with Crippen molar-refractivity contribution in [2.75, 3.05) is 16.8 Å². The van der Waals surface area contributed by atoms with E-state index in [9.17, 15) is 4.79 Å². The summed E-state index contributed by atoms with van der Waals surface area (Å²) in [7, 11) is 0. The highest BCUT2D eigenvalue weighted by atomic mass is 16.1. The van der Waals surface area contributed by atoms with Crippen LogP contribution in [-0.2, 0) is 4.79 Å². The van der Waals surface area contributed by atoms with Crippen LogP contribution < -0.4 is 10.2 Å². The first-order valence-corrected chi connectivity index (χ1v) is 6.31. The maximum atomic E-state index is 10.9. The molecule has 0 aliphatic carbocycles. The fraction of sp³-hybridized carbons (Fsp3) is 0.500. The lowest BCUT2D eigenvalue weighted by molar-refractivity contribution is -0.114. The zero-order chi connectivity index (χ0) is 12.3. The number of rotatable bonds is 2. The number of hydrogen-bond donors (Lipinski definition) is 1. The van der Waals surface area contributed by atoms with Gasteiger partial charge < -0.3 is 10.2 Å². The molecule has 2 rings (SSSR count). The molecule has 92 valence electrons. The van der Waals surface area contributed by atoms with Crippen molar-refractivity contribution in [2.45, 2.75) is 39.2 Å². The Balaban J connectivity index is 2.08. The molecule has 1 aromatic rings. The zero-order valence-electron chi connectivity index (χ0n) is 10.6. The van der Waals surface area contributed by atoms with Crippen molar-refractivity contribution in [3.8, 4) is 0 Å². The van der Waals surface area contributed by atoms with Crippen molar-refractivity contribution in [1.82, 2.24) is 0 Å². The minimum Gasteiger partial charge on any atom is -0.369 e. The zero-order valence-corrected chi connectivity index (χ0v) is 10.6. The Labute approximate surface area is 103 Å². The van der Waals surface area contributed by atoms with Crippen LogP contribution in [0, 0.1) is 0 Å². The number of benzene rings is 1. The second-order valence-corrected chi connectivity index (χ2v) is 4.77. The van der Waals surface area contributed by atoms with E-state index in [1.807, 2.05) is 12.1 Å². The van der Waals surface area contributed by atoms with Crippen LogP contribution in [0.3, 0.4) is 0 Å². The van der Waals surface area contributed by atoms with E-state index in [4.69, 9.17) is 0 Å². The van der Waals surface area contributed by atoms with E-state index in [1.165, 1.54) is 31.9 Å². The van der Waals surface area contributed by atoms with Crippen LogP contribution in [0.1, 0.15) is 33.1 Å². The molecule has 0 saturated carbocycles. The highest BCUT2D eigenvalue weighted by Crippen LogP contribution is 2.25. The highest BCUT2D eigenvalue weighted by Gasteiger charge is 2.18. The number of nitrogens with one attached hydrogen (secondary N) is 1. The van der Waals surface area contributed by atoms with E-state index in [0.29, 0.717) is 6.04 Å². The molecule has 0 aromatic heterocycles. The number of carbonyl (C=O) groups is 1. The van der Waals surface area contributed by atoms with Gasteiger partial charge in [0.1, 0.15) is 0 Å². The van der Waals surface area contributed by atoms with Crippen molar-refractivity contribution in [1.29, 1.82) is 0 Å². The molecule has 3 nitrogen and oxygen atoms in total. The molecule has 1 unspecified atom stereocenters. The van der Waals surface area contributed by atoms with E-state index in [1.54, 1.807) is 0 Å². The molecule has 1 N–H and O–H groups in total. The van der Waals surface area contributed by atoms with Crippen molar-refractivity contribution >= 4 is 17.3 Å². The van der Waals surface area contributed by atoms with Crippen LogP contribution in [0.25, 0.3) is 0 Å². The summed E-state index contributed by atoms with van der Waals surface area (Å²) >= 11 is 0. The maximum absolute atomic E-state index is 10.9. The van der Waals surface area contributed by atoms with Gasteiger partial charge in [0, 0.05) is 30.9 Å². The number of piperidine rings is 1. The van der Waals surface area contributed by atoms with Crippen LogP contribution in [-0.4, -0.2) is 18.5 Å². The third-order valence-electron chi connectivity index (χ3n) is 3.32. The van der Waals surface area contributed by atoms with Gasteiger partial charge in [0.15, 0.2) is 0 Å². The fourth-order valence-corrected chi connectivity index (χ4v) is 2.42. The molecule has 1 aromatic carbocycles. The van der Waals surface area contributed by atoms with Crippen molar-refractivity contribution in [2.24, 2.45) is 0 Å². The standard InChI is InChI=1S/C14H20N2O/c1-11-5-3-4-10-16(11)14-8-6-13(7-9-14)15-12(2)17/h6-9,11H,3-5,10H2,1-2H3,(H,15,17). The maximum Gasteiger partial charge on any atom is 0.221 e. The van der Waals surface area contributed by atoms with Gasteiger partial charge in [-0.15, -0.1) is 0 Å². The van der Waals surface area contributed by atoms with Gasteiger partial charge in [0.05, 0.1) is 0 Å². The van der Waals surface area contributed by atoms with Crippen LogP contribution in [0.15, 0.2) is 24.3 Å². The summed E-state index contributed by atoms with van der Waals surface area (Å²) in [4.78, 5) is 13.4. The molecule has 1 amide bonds. The predicted molar refractivity (Wildman–Crippen MR) is 71.4 cm³/mol. The van der Waals surface area contributed by atoms with Crippen LogP contribution >= 0.6 is 0 Å². The fourth-order valence-electron chi connectivity index (χ4n) is 2.42. The average molecular weight is 232 g/mol. The van der Waals surface area contributed by atoms with Gasteiger partial charge in [-0.3, -0.25) is 4.79 Å². The van der Waals surface area contributed by atoms with Crippen LogP contribution in [0.2, 0.25) is 0 Å². The van der Waals surface area contributed by atoms with Crippen molar-refractivity contribution in [3.63, 3.8) is 0 Å². The van der Waals surface area contributed by atoms with Gasteiger partial charge in [-0.1, -0.05) is 0 Å². The number of carbonyl (C=O) groups excluding carboxylic acids is 1. The second kappa shape index (κ2) is 5.21. The van der Waals surface area contributed by atoms with E-state index < -0.39 is 0 Å². The molecule has 0 radical (unpaired) electrons. The van der Waals surface area contributed by atoms with Gasteiger partial charge in [-0.2, -0.15) is 0 Å². The molecule has 1 aliphatic rings. The lowest BCUT2D eigenvalue weighted by Gasteiger charge is -2.35. The summed E-state index contributed by atoms with van der Waals surface area (Å²) in [6, 6.07) is 8.74. The minimum absolute atomic E-state index is 0.0240. The summed E-state index contributed by atoms with van der Waals surface area (Å²) in [6.45, 7) is 4.95. The number of hydrogen-bond acceptors (Lipinski definition) is 2. The van der Waals surface area contributed by atoms with Gasteiger partial charge >= 0.3 is 0 Å². The molecular formula is C14H20N2O. The first kappa shape index (κ1) is 12.0. The Kier molecular flexibility index (Phi) is 3.67. The SMILES string of the molecule is CC(=O)Nc1ccc(N2CCCCC2C)cc1. The lowest BCUT2D eigenvalue weighted by atomic mass is 10.0. The summed E-state index contributed by atoms with van der Waals surface area (Å²) < 4.78 is 0. The van der Waals surface area contributed by atoms with E-state index in [0.717, 1.165) is 12.2 Å². The van der Waals surface area contributed by atoms with Crippen molar-refractivity contribution < 1.29 is 4.79 Å². The quantitative estimate of drug-likeness (QED) is 0.850. The molecular weight excluding hydrogens is 212 g/mol. The van der Waals surface area contributed by atoms with Crippen molar-refractivity contribution in [3.05, 3.63) is 24.3 Å². The Morgan fingerprint density at radius 3 is 2.59 bits per heavy atom. The van der Waals surface area contributed by atoms with Gasteiger partial charge in [-0.05, 0) is 50.5 Å². The summed E-state index contributed by atoms with van der Waals surface area (Å²) in [5, 5.41) is 2.79. The Morgan fingerprint density at radius 2 is 2.00 bits per heavy atom. The average Bonchev–Trinajstić information content (AvgIpc) is 2.30. The van der Waals surface area contributed by atoms with Gasteiger partial charge in [-0.25, -0.2) is 0 Å². The molecule has 1 fully saturated rings. The second-order valence-electron chi connectivity index (χ2n) is 4.77. The van der Waals surface area contributed by atoms with Gasteiger partial charge in [0.2, 0.25) is 5.91 Å². The molecule has 1 saturated heterocycles. The van der Waals surface area contributed by atoms with Crippen LogP contribution in [0.5, 0.6) is 0 Å². The van der Waals surface area contributed by atoms with Gasteiger partial charge in [0.25, 0.3) is 0 Å². The number of amides is 1. The normalized spacial score (nSPS) is 20.1. The smallest absolute Gasteiger partial charge is 0.221 e. The molecule has 3 heteroatoms. The first-order valence-electron chi connectivity index (χ1n) is 6.31. The number of anilines is 2. The molecule has 1 heterocycles. The Hall–Kier alpha value is -1.51. The Bertz CT molecular complexity index is 386. The van der Waals surface area contributed by atoms with E-state index >= 15 is 0 Å². The predicted octanol–water partition coefficient (Wildman–Crippen LogP) is 3.02. The Morgan fingerprint density at radius 1 is 1.29 bits per heavy atom.